The molecule has 0 radical (unpaired) electrons. The minimum Gasteiger partial charge on any atom is -0.326 e. The van der Waals surface area contributed by atoms with Crippen molar-refractivity contribution in [3.63, 3.8) is 0 Å². The van der Waals surface area contributed by atoms with Crippen molar-refractivity contribution < 1.29 is 18.0 Å². The van der Waals surface area contributed by atoms with Crippen LogP contribution in [0, 0.1) is 0 Å². The molecule has 34 heavy (non-hydrogen) atoms. The maximum atomic E-state index is 13.2. The summed E-state index contributed by atoms with van der Waals surface area (Å²) in [5.74, 6) is -0.394. The molecule has 3 atom stereocenters. The molecule has 0 aliphatic carbocycles. The lowest BCUT2D eigenvalue weighted by molar-refractivity contribution is -0.129. The Kier molecular flexibility index (Phi) is 6.91. The Labute approximate surface area is 201 Å². The molecular weight excluding hydrogens is 450 g/mol. The average molecular weight is 482 g/mol. The number of benzene rings is 2. The highest BCUT2D eigenvalue weighted by Crippen LogP contribution is 2.33. The second kappa shape index (κ2) is 9.72. The van der Waals surface area contributed by atoms with Crippen LogP contribution < -0.4 is 5.32 Å². The summed E-state index contributed by atoms with van der Waals surface area (Å²) in [7, 11) is -3.61. The van der Waals surface area contributed by atoms with Gasteiger partial charge in [-0.15, -0.1) is 0 Å². The highest BCUT2D eigenvalue weighted by atomic mass is 32.2. The van der Waals surface area contributed by atoms with Crippen molar-refractivity contribution in [3.05, 3.63) is 65.9 Å². The Morgan fingerprint density at radius 1 is 1.00 bits per heavy atom. The molecule has 0 aromatic heterocycles. The summed E-state index contributed by atoms with van der Waals surface area (Å²) < 4.78 is 28.0. The highest BCUT2D eigenvalue weighted by Gasteiger charge is 2.35. The van der Waals surface area contributed by atoms with E-state index in [0.717, 1.165) is 30.4 Å². The van der Waals surface area contributed by atoms with Crippen molar-refractivity contribution in [3.8, 4) is 0 Å². The van der Waals surface area contributed by atoms with Crippen molar-refractivity contribution >= 4 is 33.6 Å². The van der Waals surface area contributed by atoms with Gasteiger partial charge in [-0.05, 0) is 68.2 Å². The quantitative estimate of drug-likeness (QED) is 0.679. The standard InChI is InChI=1S/C26H31N3O4S/c1-18-7-6-8-19(2)29(18)34(32,33)23-13-11-22(12-14-23)27-26(31)17-25-24-10-5-4-9-21(24)15-16-28(25)20(3)30/h4-5,9-16,18-19,25H,6-8,17H2,1-3H3,(H,27,31)/t18-,19+,25-/m1/s1. The first-order valence-corrected chi connectivity index (χ1v) is 13.1. The molecule has 0 saturated carbocycles. The molecule has 2 aromatic rings. The van der Waals surface area contributed by atoms with E-state index < -0.39 is 16.1 Å². The summed E-state index contributed by atoms with van der Waals surface area (Å²) in [6, 6.07) is 13.5. The molecule has 2 aliphatic heterocycles. The topological polar surface area (TPSA) is 86.8 Å². The fourth-order valence-corrected chi connectivity index (χ4v) is 6.89. The van der Waals surface area contributed by atoms with E-state index in [1.807, 2.05) is 44.2 Å². The normalized spacial score (nSPS) is 22.8. The van der Waals surface area contributed by atoms with Crippen molar-refractivity contribution in [2.24, 2.45) is 0 Å². The Balaban J connectivity index is 1.48. The second-order valence-electron chi connectivity index (χ2n) is 9.13. The van der Waals surface area contributed by atoms with Crippen LogP contribution in [0.2, 0.25) is 0 Å². The molecule has 0 bridgehead atoms. The fourth-order valence-electron chi connectivity index (χ4n) is 5.00. The van der Waals surface area contributed by atoms with Gasteiger partial charge in [-0.1, -0.05) is 30.7 Å². The van der Waals surface area contributed by atoms with Crippen LogP contribution in [0.1, 0.15) is 63.6 Å². The lowest BCUT2D eigenvalue weighted by Crippen LogP contribution is -2.47. The Bertz CT molecular complexity index is 1200. The predicted octanol–water partition coefficient (Wildman–Crippen LogP) is 4.54. The van der Waals surface area contributed by atoms with Crippen LogP contribution in [0.4, 0.5) is 5.69 Å². The summed E-state index contributed by atoms with van der Waals surface area (Å²) in [4.78, 5) is 26.8. The average Bonchev–Trinajstić information content (AvgIpc) is 2.79. The third-order valence-corrected chi connectivity index (χ3v) is 8.82. The largest absolute Gasteiger partial charge is 0.326 e. The van der Waals surface area contributed by atoms with Gasteiger partial charge in [-0.3, -0.25) is 9.59 Å². The summed E-state index contributed by atoms with van der Waals surface area (Å²) in [6.45, 7) is 5.38. The molecule has 180 valence electrons. The van der Waals surface area contributed by atoms with E-state index in [1.54, 1.807) is 39.7 Å². The maximum Gasteiger partial charge on any atom is 0.243 e. The fraction of sp³-hybridized carbons (Fsp3) is 0.385. The van der Waals surface area contributed by atoms with Gasteiger partial charge in [0.25, 0.3) is 0 Å². The molecule has 1 fully saturated rings. The van der Waals surface area contributed by atoms with Crippen LogP contribution in [-0.4, -0.2) is 41.5 Å². The van der Waals surface area contributed by atoms with Crippen molar-refractivity contribution in [2.45, 2.75) is 69.5 Å². The molecule has 2 amide bonds. The number of fused-ring (bicyclic) bond motifs is 1. The zero-order valence-corrected chi connectivity index (χ0v) is 20.6. The zero-order chi connectivity index (χ0) is 24.5. The predicted molar refractivity (Wildman–Crippen MR) is 132 cm³/mol. The number of rotatable bonds is 5. The maximum absolute atomic E-state index is 13.2. The van der Waals surface area contributed by atoms with Gasteiger partial charge in [0.05, 0.1) is 17.4 Å². The first-order chi connectivity index (χ1) is 16.2. The Morgan fingerprint density at radius 3 is 2.29 bits per heavy atom. The van der Waals surface area contributed by atoms with Crippen LogP contribution in [0.25, 0.3) is 6.08 Å². The molecule has 4 rings (SSSR count). The van der Waals surface area contributed by atoms with Crippen LogP contribution in [0.5, 0.6) is 0 Å². The lowest BCUT2D eigenvalue weighted by Gasteiger charge is -2.37. The molecule has 0 spiro atoms. The smallest absolute Gasteiger partial charge is 0.243 e. The minimum atomic E-state index is -3.61. The minimum absolute atomic E-state index is 0.0372. The third-order valence-electron chi connectivity index (χ3n) is 6.67. The van der Waals surface area contributed by atoms with E-state index in [9.17, 15) is 18.0 Å². The molecule has 2 aromatic carbocycles. The van der Waals surface area contributed by atoms with E-state index >= 15 is 0 Å². The Hall–Kier alpha value is -2.97. The molecule has 7 nitrogen and oxygen atoms in total. The van der Waals surface area contributed by atoms with Crippen LogP contribution in [-0.2, 0) is 19.6 Å². The summed E-state index contributed by atoms with van der Waals surface area (Å²) in [6.07, 6.45) is 6.41. The zero-order valence-electron chi connectivity index (χ0n) is 19.8. The van der Waals surface area contributed by atoms with Crippen LogP contribution in [0.15, 0.2) is 59.6 Å². The number of hydrogen-bond donors (Lipinski definition) is 1. The summed E-state index contributed by atoms with van der Waals surface area (Å²) >= 11 is 0. The Morgan fingerprint density at radius 2 is 1.65 bits per heavy atom. The number of piperidine rings is 1. The van der Waals surface area contributed by atoms with E-state index in [4.69, 9.17) is 0 Å². The summed E-state index contributed by atoms with van der Waals surface area (Å²) in [5.41, 5.74) is 2.41. The van der Waals surface area contributed by atoms with Gasteiger partial charge in [-0.2, -0.15) is 4.31 Å². The second-order valence-corrected chi connectivity index (χ2v) is 11.0. The number of nitrogens with zero attached hydrogens (tertiary/aromatic N) is 2. The number of anilines is 1. The highest BCUT2D eigenvalue weighted by molar-refractivity contribution is 7.89. The van der Waals surface area contributed by atoms with Gasteiger partial charge in [-0.25, -0.2) is 8.42 Å². The monoisotopic (exact) mass is 481 g/mol. The van der Waals surface area contributed by atoms with E-state index in [0.29, 0.717) is 5.69 Å². The van der Waals surface area contributed by atoms with E-state index in [-0.39, 0.29) is 35.2 Å². The SMILES string of the molecule is CC(=O)N1C=Cc2ccccc2[C@H]1CC(=O)Nc1ccc(S(=O)(=O)N2[C@H](C)CCC[C@@H]2C)cc1. The molecule has 1 N–H and O–H groups in total. The molecule has 1 saturated heterocycles. The van der Waals surface area contributed by atoms with Gasteiger partial charge in [0.15, 0.2) is 0 Å². The molecular formula is C26H31N3O4S. The number of carbonyl (C=O) groups is 2. The van der Waals surface area contributed by atoms with E-state index in [2.05, 4.69) is 5.32 Å². The first-order valence-electron chi connectivity index (χ1n) is 11.7. The number of hydrogen-bond acceptors (Lipinski definition) is 4. The number of nitrogens with one attached hydrogen (secondary N) is 1. The lowest BCUT2D eigenvalue weighted by atomic mass is 9.93. The summed E-state index contributed by atoms with van der Waals surface area (Å²) in [5, 5.41) is 2.85. The molecule has 2 aliphatic rings. The number of carbonyl (C=O) groups excluding carboxylic acids is 2. The first kappa shape index (κ1) is 24.2. The molecule has 0 unspecified atom stereocenters. The van der Waals surface area contributed by atoms with Crippen molar-refractivity contribution in [2.75, 3.05) is 5.32 Å². The van der Waals surface area contributed by atoms with Crippen LogP contribution in [0.3, 0.4) is 0 Å². The molecule has 2 heterocycles. The van der Waals surface area contributed by atoms with Gasteiger partial charge < -0.3 is 10.2 Å². The van der Waals surface area contributed by atoms with E-state index in [1.165, 1.54) is 6.92 Å². The third kappa shape index (κ3) is 4.79. The van der Waals surface area contributed by atoms with Gasteiger partial charge in [0, 0.05) is 30.9 Å². The number of amides is 2. The van der Waals surface area contributed by atoms with Crippen molar-refractivity contribution in [1.29, 1.82) is 0 Å². The molecule has 8 heteroatoms. The number of sulfonamides is 1. The van der Waals surface area contributed by atoms with Gasteiger partial charge in [0.1, 0.15) is 0 Å². The van der Waals surface area contributed by atoms with Gasteiger partial charge >= 0.3 is 0 Å². The van der Waals surface area contributed by atoms with Gasteiger partial charge in [0.2, 0.25) is 21.8 Å². The van der Waals surface area contributed by atoms with Crippen molar-refractivity contribution in [1.82, 2.24) is 9.21 Å². The van der Waals surface area contributed by atoms with Crippen LogP contribution >= 0.6 is 0 Å².